The second kappa shape index (κ2) is 5.48. The third kappa shape index (κ3) is 2.29. The van der Waals surface area contributed by atoms with Crippen LogP contribution in [0.5, 0.6) is 5.75 Å². The van der Waals surface area contributed by atoms with Crippen molar-refractivity contribution in [2.45, 2.75) is 6.92 Å². The molecule has 0 aliphatic carbocycles. The maximum atomic E-state index is 12.6. The second-order valence-corrected chi connectivity index (χ2v) is 5.03. The van der Waals surface area contributed by atoms with E-state index in [1.54, 1.807) is 31.4 Å². The number of carbonyl (C=O) groups excluding carboxylic acids is 1. The van der Waals surface area contributed by atoms with Gasteiger partial charge in [0.05, 0.1) is 18.4 Å². The number of H-pyrrole nitrogens is 1. The molecule has 0 radical (unpaired) electrons. The van der Waals surface area contributed by atoms with Crippen LogP contribution in [-0.4, -0.2) is 17.9 Å². The van der Waals surface area contributed by atoms with E-state index in [0.717, 1.165) is 11.3 Å². The van der Waals surface area contributed by atoms with Gasteiger partial charge in [0.1, 0.15) is 5.75 Å². The van der Waals surface area contributed by atoms with E-state index in [4.69, 9.17) is 4.74 Å². The number of hydrogen-bond acceptors (Lipinski definition) is 3. The van der Waals surface area contributed by atoms with Crippen molar-refractivity contribution >= 4 is 16.7 Å². The van der Waals surface area contributed by atoms with Crippen LogP contribution in [0.4, 0.5) is 0 Å². The molecule has 0 saturated heterocycles. The molecule has 4 nitrogen and oxygen atoms in total. The Bertz CT molecular complexity index is 908. The summed E-state index contributed by atoms with van der Waals surface area (Å²) in [7, 11) is 1.59. The summed E-state index contributed by atoms with van der Waals surface area (Å²) in [5.74, 6) is 0.467. The van der Waals surface area contributed by atoms with Gasteiger partial charge >= 0.3 is 0 Å². The number of methoxy groups -OCH3 is 1. The highest BCUT2D eigenvalue weighted by Crippen LogP contribution is 2.25. The third-order valence-corrected chi connectivity index (χ3v) is 3.64. The molecule has 110 valence electrons. The predicted octanol–water partition coefficient (Wildman–Crippen LogP) is 3.41. The van der Waals surface area contributed by atoms with E-state index in [0.29, 0.717) is 16.6 Å². The normalized spacial score (nSPS) is 10.6. The lowest BCUT2D eigenvalue weighted by Gasteiger charge is -2.10. The van der Waals surface area contributed by atoms with Gasteiger partial charge in [0.15, 0.2) is 5.78 Å². The van der Waals surface area contributed by atoms with Gasteiger partial charge in [-0.15, -0.1) is 0 Å². The fraction of sp³-hybridized carbons (Fsp3) is 0.111. The summed E-state index contributed by atoms with van der Waals surface area (Å²) in [6.07, 6.45) is 0. The van der Waals surface area contributed by atoms with Crippen molar-refractivity contribution in [1.82, 2.24) is 4.98 Å². The van der Waals surface area contributed by atoms with Gasteiger partial charge in [0.25, 0.3) is 0 Å². The zero-order valence-electron chi connectivity index (χ0n) is 12.3. The van der Waals surface area contributed by atoms with Crippen molar-refractivity contribution in [2.75, 3.05) is 7.11 Å². The van der Waals surface area contributed by atoms with E-state index >= 15 is 0 Å². The van der Waals surface area contributed by atoms with Gasteiger partial charge in [-0.3, -0.25) is 9.59 Å². The Morgan fingerprint density at radius 1 is 1.05 bits per heavy atom. The predicted molar refractivity (Wildman–Crippen MR) is 86.6 cm³/mol. The summed E-state index contributed by atoms with van der Waals surface area (Å²) in [5.41, 5.74) is 1.97. The molecule has 0 amide bonds. The van der Waals surface area contributed by atoms with Gasteiger partial charge in [0.2, 0.25) is 5.43 Å². The Hall–Kier alpha value is -2.88. The quantitative estimate of drug-likeness (QED) is 0.753. The van der Waals surface area contributed by atoms with Gasteiger partial charge in [-0.2, -0.15) is 0 Å². The summed E-state index contributed by atoms with van der Waals surface area (Å²) < 4.78 is 5.14. The Kier molecular flexibility index (Phi) is 3.51. The number of fused-ring (bicyclic) bond motifs is 1. The molecule has 3 rings (SSSR count). The van der Waals surface area contributed by atoms with Crippen molar-refractivity contribution in [1.29, 1.82) is 0 Å². The molecular weight excluding hydrogens is 278 g/mol. The molecule has 22 heavy (non-hydrogen) atoms. The van der Waals surface area contributed by atoms with Crippen LogP contribution in [-0.2, 0) is 0 Å². The standard InChI is InChI=1S/C18H15NO3/c1-11(20)16-17(12-7-9-13(22-2)10-8-12)19-15-6-4-3-5-14(15)18(16)21/h3-10H,1-2H3,(H,19,21). The molecule has 0 aliphatic heterocycles. The summed E-state index contributed by atoms with van der Waals surface area (Å²) >= 11 is 0. The first-order chi connectivity index (χ1) is 10.6. The highest BCUT2D eigenvalue weighted by atomic mass is 16.5. The maximum absolute atomic E-state index is 12.6. The lowest BCUT2D eigenvalue weighted by atomic mass is 10.00. The minimum atomic E-state index is -0.252. The number of ether oxygens (including phenoxy) is 1. The van der Waals surface area contributed by atoms with E-state index in [1.807, 2.05) is 24.3 Å². The minimum absolute atomic E-state index is 0.184. The van der Waals surface area contributed by atoms with Crippen LogP contribution in [0.2, 0.25) is 0 Å². The molecule has 2 aromatic carbocycles. The molecule has 0 bridgehead atoms. The molecule has 0 aliphatic rings. The number of ketones is 1. The lowest BCUT2D eigenvalue weighted by Crippen LogP contribution is -2.16. The van der Waals surface area contributed by atoms with Crippen LogP contribution in [0.15, 0.2) is 53.3 Å². The first-order valence-electron chi connectivity index (χ1n) is 6.92. The number of para-hydroxylation sites is 1. The van der Waals surface area contributed by atoms with Crippen molar-refractivity contribution < 1.29 is 9.53 Å². The van der Waals surface area contributed by atoms with E-state index < -0.39 is 0 Å². The van der Waals surface area contributed by atoms with E-state index in [1.165, 1.54) is 6.92 Å². The van der Waals surface area contributed by atoms with Gasteiger partial charge in [0, 0.05) is 10.9 Å². The van der Waals surface area contributed by atoms with Crippen LogP contribution in [0.3, 0.4) is 0 Å². The number of rotatable bonds is 3. The van der Waals surface area contributed by atoms with Crippen LogP contribution in [0, 0.1) is 0 Å². The van der Waals surface area contributed by atoms with Gasteiger partial charge in [-0.05, 0) is 48.9 Å². The first-order valence-corrected chi connectivity index (χ1v) is 6.92. The number of aromatic amines is 1. The number of benzene rings is 2. The smallest absolute Gasteiger partial charge is 0.200 e. The highest BCUT2D eigenvalue weighted by molar-refractivity contribution is 6.03. The number of nitrogens with one attached hydrogen (secondary N) is 1. The van der Waals surface area contributed by atoms with Gasteiger partial charge in [-0.25, -0.2) is 0 Å². The van der Waals surface area contributed by atoms with Crippen molar-refractivity contribution in [3.05, 3.63) is 64.3 Å². The summed E-state index contributed by atoms with van der Waals surface area (Å²) in [4.78, 5) is 27.8. The van der Waals surface area contributed by atoms with E-state index in [9.17, 15) is 9.59 Å². The SMILES string of the molecule is COc1ccc(-c2[nH]c3ccccc3c(=O)c2C(C)=O)cc1. The molecule has 0 spiro atoms. The zero-order chi connectivity index (χ0) is 15.7. The van der Waals surface area contributed by atoms with E-state index in [2.05, 4.69) is 4.98 Å². The molecule has 4 heteroatoms. The average Bonchev–Trinajstić information content (AvgIpc) is 2.54. The first kappa shape index (κ1) is 14.1. The Morgan fingerprint density at radius 3 is 2.36 bits per heavy atom. The Labute approximate surface area is 127 Å². The summed E-state index contributed by atoms with van der Waals surface area (Å²) in [6.45, 7) is 1.41. The second-order valence-electron chi connectivity index (χ2n) is 5.03. The largest absolute Gasteiger partial charge is 0.497 e. The number of Topliss-reactive ketones (excluding diaryl/α,β-unsaturated/α-hetero) is 1. The van der Waals surface area contributed by atoms with Gasteiger partial charge < -0.3 is 9.72 Å². The van der Waals surface area contributed by atoms with Gasteiger partial charge in [-0.1, -0.05) is 12.1 Å². The molecular formula is C18H15NO3. The fourth-order valence-corrected chi connectivity index (χ4v) is 2.55. The number of aromatic nitrogens is 1. The van der Waals surface area contributed by atoms with Crippen LogP contribution in [0.25, 0.3) is 22.2 Å². The molecule has 0 fully saturated rings. The van der Waals surface area contributed by atoms with Crippen LogP contribution in [0.1, 0.15) is 17.3 Å². The minimum Gasteiger partial charge on any atom is -0.497 e. The van der Waals surface area contributed by atoms with Crippen LogP contribution < -0.4 is 10.2 Å². The van der Waals surface area contributed by atoms with Crippen LogP contribution >= 0.6 is 0 Å². The Morgan fingerprint density at radius 2 is 1.73 bits per heavy atom. The summed E-state index contributed by atoms with van der Waals surface area (Å²) in [5, 5.41) is 0.518. The van der Waals surface area contributed by atoms with Crippen molar-refractivity contribution in [3.63, 3.8) is 0 Å². The van der Waals surface area contributed by atoms with Crippen molar-refractivity contribution in [3.8, 4) is 17.0 Å². The molecule has 1 heterocycles. The topological polar surface area (TPSA) is 59.2 Å². The molecule has 1 aromatic heterocycles. The summed E-state index contributed by atoms with van der Waals surface area (Å²) in [6, 6.07) is 14.4. The molecule has 3 aromatic rings. The highest BCUT2D eigenvalue weighted by Gasteiger charge is 2.17. The number of carbonyl (C=O) groups is 1. The van der Waals surface area contributed by atoms with E-state index in [-0.39, 0.29) is 16.8 Å². The monoisotopic (exact) mass is 293 g/mol. The zero-order valence-corrected chi connectivity index (χ0v) is 12.3. The third-order valence-electron chi connectivity index (χ3n) is 3.64. The molecule has 1 N–H and O–H groups in total. The Balaban J connectivity index is 2.33. The molecule has 0 atom stereocenters. The fourth-order valence-electron chi connectivity index (χ4n) is 2.55. The average molecular weight is 293 g/mol. The number of pyridine rings is 1. The lowest BCUT2D eigenvalue weighted by molar-refractivity contribution is 0.101. The maximum Gasteiger partial charge on any atom is 0.200 e. The number of hydrogen-bond donors (Lipinski definition) is 1. The molecule has 0 saturated carbocycles. The van der Waals surface area contributed by atoms with Crippen molar-refractivity contribution in [2.24, 2.45) is 0 Å². The molecule has 0 unspecified atom stereocenters.